The van der Waals surface area contributed by atoms with E-state index in [4.69, 9.17) is 0 Å². The first-order chi connectivity index (χ1) is 9.86. The predicted octanol–water partition coefficient (Wildman–Crippen LogP) is 2.06. The Labute approximate surface area is 126 Å². The van der Waals surface area contributed by atoms with Crippen LogP contribution < -0.4 is 4.90 Å². The van der Waals surface area contributed by atoms with Crippen molar-refractivity contribution in [2.24, 2.45) is 0 Å². The normalized spacial score (nSPS) is 22.1. The molecule has 0 saturated carbocycles. The van der Waals surface area contributed by atoms with E-state index in [9.17, 15) is 0 Å². The Morgan fingerprint density at radius 3 is 2.35 bits per heavy atom. The summed E-state index contributed by atoms with van der Waals surface area (Å²) in [4.78, 5) is 14.0. The molecule has 1 aromatic rings. The number of anilines is 1. The van der Waals surface area contributed by atoms with Gasteiger partial charge in [0.1, 0.15) is 0 Å². The zero-order valence-corrected chi connectivity index (χ0v) is 13.1. The number of nitrogens with zero attached hydrogens (tertiary/aromatic N) is 4. The lowest BCUT2D eigenvalue weighted by Crippen LogP contribution is -2.51. The van der Waals surface area contributed by atoms with Crippen molar-refractivity contribution >= 4 is 17.7 Å². The molecule has 3 heterocycles. The van der Waals surface area contributed by atoms with Gasteiger partial charge in [-0.2, -0.15) is 11.8 Å². The maximum absolute atomic E-state index is 4.50. The fourth-order valence-corrected chi connectivity index (χ4v) is 4.11. The second kappa shape index (κ2) is 6.76. The van der Waals surface area contributed by atoms with Crippen LogP contribution in [0.15, 0.2) is 12.4 Å². The minimum absolute atomic E-state index is 0.821. The van der Waals surface area contributed by atoms with Crippen LogP contribution in [-0.2, 0) is 6.42 Å². The highest BCUT2D eigenvalue weighted by Gasteiger charge is 2.25. The van der Waals surface area contributed by atoms with Crippen molar-refractivity contribution in [2.45, 2.75) is 32.2 Å². The third-order valence-electron chi connectivity index (χ3n) is 4.40. The molecule has 110 valence electrons. The highest BCUT2D eigenvalue weighted by molar-refractivity contribution is 7.99. The maximum atomic E-state index is 4.50. The van der Waals surface area contributed by atoms with Gasteiger partial charge in [-0.05, 0) is 36.3 Å². The van der Waals surface area contributed by atoms with Crippen molar-refractivity contribution in [3.8, 4) is 0 Å². The van der Waals surface area contributed by atoms with Crippen LogP contribution >= 0.6 is 11.8 Å². The summed E-state index contributed by atoms with van der Waals surface area (Å²) in [5.74, 6) is 3.58. The van der Waals surface area contributed by atoms with Crippen LogP contribution in [0.4, 0.5) is 5.95 Å². The molecule has 0 atom stereocenters. The van der Waals surface area contributed by atoms with Gasteiger partial charge >= 0.3 is 0 Å². The topological polar surface area (TPSA) is 32.3 Å². The molecular weight excluding hydrogens is 268 g/mol. The monoisotopic (exact) mass is 292 g/mol. The van der Waals surface area contributed by atoms with Crippen LogP contribution in [0.1, 0.15) is 25.3 Å². The number of piperazine rings is 1. The quantitative estimate of drug-likeness (QED) is 0.851. The van der Waals surface area contributed by atoms with Gasteiger partial charge in [0.2, 0.25) is 5.95 Å². The van der Waals surface area contributed by atoms with Crippen LogP contribution in [0.25, 0.3) is 0 Å². The summed E-state index contributed by atoms with van der Waals surface area (Å²) in [7, 11) is 0. The molecule has 2 saturated heterocycles. The number of hydrogen-bond acceptors (Lipinski definition) is 5. The zero-order chi connectivity index (χ0) is 13.8. The minimum atomic E-state index is 0.821. The molecule has 0 spiro atoms. The molecule has 1 aromatic heterocycles. The molecule has 0 bridgehead atoms. The second-order valence-corrected chi connectivity index (χ2v) is 6.84. The first-order valence-corrected chi connectivity index (χ1v) is 8.90. The highest BCUT2D eigenvalue weighted by Crippen LogP contribution is 2.23. The van der Waals surface area contributed by atoms with Gasteiger partial charge in [-0.1, -0.05) is 6.92 Å². The molecule has 0 radical (unpaired) electrons. The van der Waals surface area contributed by atoms with Crippen LogP contribution in [0.2, 0.25) is 0 Å². The Bertz CT molecular complexity index is 408. The molecule has 0 N–H and O–H groups in total. The van der Waals surface area contributed by atoms with E-state index in [1.807, 2.05) is 12.4 Å². The molecule has 20 heavy (non-hydrogen) atoms. The summed E-state index contributed by atoms with van der Waals surface area (Å²) in [6.45, 7) is 6.59. The average molecular weight is 292 g/mol. The summed E-state index contributed by atoms with van der Waals surface area (Å²) in [6.07, 6.45) is 7.67. The molecule has 3 rings (SSSR count). The highest BCUT2D eigenvalue weighted by atomic mass is 32.2. The van der Waals surface area contributed by atoms with Crippen molar-refractivity contribution < 1.29 is 0 Å². The van der Waals surface area contributed by atoms with E-state index in [-0.39, 0.29) is 0 Å². The third kappa shape index (κ3) is 3.26. The Balaban J connectivity index is 1.54. The molecule has 0 aromatic carbocycles. The van der Waals surface area contributed by atoms with E-state index in [1.165, 1.54) is 29.9 Å². The van der Waals surface area contributed by atoms with E-state index in [1.54, 1.807) is 0 Å². The first kappa shape index (κ1) is 14.1. The summed E-state index contributed by atoms with van der Waals surface area (Å²) in [5.41, 5.74) is 1.21. The lowest BCUT2D eigenvalue weighted by molar-refractivity contribution is 0.174. The second-order valence-electron chi connectivity index (χ2n) is 5.61. The van der Waals surface area contributed by atoms with E-state index in [2.05, 4.69) is 38.5 Å². The molecule has 5 heteroatoms. The predicted molar refractivity (Wildman–Crippen MR) is 85.5 cm³/mol. The standard InChI is InChI=1S/C15H24N4S/c1-2-13-11-16-15(17-12-13)19-7-5-18(6-8-19)14-3-9-20-10-4-14/h11-12,14H,2-10H2,1H3. The van der Waals surface area contributed by atoms with Crippen molar-refractivity contribution in [3.63, 3.8) is 0 Å². The maximum Gasteiger partial charge on any atom is 0.225 e. The summed E-state index contributed by atoms with van der Waals surface area (Å²) in [6, 6.07) is 0.821. The Morgan fingerprint density at radius 2 is 1.75 bits per heavy atom. The summed E-state index contributed by atoms with van der Waals surface area (Å²) < 4.78 is 0. The SMILES string of the molecule is CCc1cnc(N2CCN(C3CCSCC3)CC2)nc1. The van der Waals surface area contributed by atoms with Gasteiger partial charge in [-0.15, -0.1) is 0 Å². The Morgan fingerprint density at radius 1 is 1.10 bits per heavy atom. The Hall–Kier alpha value is -0.810. The van der Waals surface area contributed by atoms with Gasteiger partial charge in [-0.3, -0.25) is 4.90 Å². The van der Waals surface area contributed by atoms with Crippen molar-refractivity contribution in [3.05, 3.63) is 18.0 Å². The number of aryl methyl sites for hydroxylation is 1. The number of rotatable bonds is 3. The fourth-order valence-electron chi connectivity index (χ4n) is 3.03. The van der Waals surface area contributed by atoms with Gasteiger partial charge in [0, 0.05) is 44.6 Å². The van der Waals surface area contributed by atoms with Crippen molar-refractivity contribution in [1.82, 2.24) is 14.9 Å². The molecule has 4 nitrogen and oxygen atoms in total. The van der Waals surface area contributed by atoms with E-state index in [0.717, 1.165) is 44.6 Å². The largest absolute Gasteiger partial charge is 0.338 e. The lowest BCUT2D eigenvalue weighted by atomic mass is 10.1. The van der Waals surface area contributed by atoms with Crippen LogP contribution in [0.5, 0.6) is 0 Å². The summed E-state index contributed by atoms with van der Waals surface area (Å²) in [5, 5.41) is 0. The van der Waals surface area contributed by atoms with Gasteiger partial charge in [0.25, 0.3) is 0 Å². The number of thioether (sulfide) groups is 1. The molecule has 0 aliphatic carbocycles. The average Bonchev–Trinajstić information content (AvgIpc) is 2.56. The fraction of sp³-hybridized carbons (Fsp3) is 0.733. The molecule has 2 fully saturated rings. The van der Waals surface area contributed by atoms with E-state index < -0.39 is 0 Å². The van der Waals surface area contributed by atoms with Gasteiger partial charge in [0.15, 0.2) is 0 Å². The molecule has 2 aliphatic heterocycles. The van der Waals surface area contributed by atoms with Crippen LogP contribution in [0, 0.1) is 0 Å². The lowest BCUT2D eigenvalue weighted by Gasteiger charge is -2.40. The van der Waals surface area contributed by atoms with Crippen molar-refractivity contribution in [1.29, 1.82) is 0 Å². The summed E-state index contributed by atoms with van der Waals surface area (Å²) >= 11 is 2.11. The van der Waals surface area contributed by atoms with Gasteiger partial charge in [-0.25, -0.2) is 9.97 Å². The minimum Gasteiger partial charge on any atom is -0.338 e. The Kier molecular flexibility index (Phi) is 4.78. The van der Waals surface area contributed by atoms with E-state index in [0.29, 0.717) is 0 Å². The number of hydrogen-bond donors (Lipinski definition) is 0. The third-order valence-corrected chi connectivity index (χ3v) is 5.45. The molecule has 2 aliphatic rings. The van der Waals surface area contributed by atoms with Crippen LogP contribution in [-0.4, -0.2) is 58.6 Å². The number of aromatic nitrogens is 2. The first-order valence-electron chi connectivity index (χ1n) is 7.74. The molecule has 0 amide bonds. The van der Waals surface area contributed by atoms with E-state index >= 15 is 0 Å². The zero-order valence-electron chi connectivity index (χ0n) is 12.3. The van der Waals surface area contributed by atoms with Gasteiger partial charge in [0.05, 0.1) is 0 Å². The van der Waals surface area contributed by atoms with Crippen LogP contribution in [0.3, 0.4) is 0 Å². The van der Waals surface area contributed by atoms with Crippen molar-refractivity contribution in [2.75, 3.05) is 42.6 Å². The molecule has 0 unspecified atom stereocenters. The molecular formula is C15H24N4S. The smallest absolute Gasteiger partial charge is 0.225 e. The van der Waals surface area contributed by atoms with Gasteiger partial charge < -0.3 is 4.90 Å².